The molecule has 0 unspecified atom stereocenters. The van der Waals surface area contributed by atoms with Gasteiger partial charge in [0.1, 0.15) is 11.8 Å². The van der Waals surface area contributed by atoms with Gasteiger partial charge in [-0.25, -0.2) is 13.2 Å². The van der Waals surface area contributed by atoms with Gasteiger partial charge in [-0.1, -0.05) is 0 Å². The maximum atomic E-state index is 13.2. The number of methoxy groups -OCH3 is 1. The summed E-state index contributed by atoms with van der Waals surface area (Å²) in [4.78, 5) is 11.0. The van der Waals surface area contributed by atoms with Gasteiger partial charge in [-0.05, 0) is 0 Å². The predicted octanol–water partition coefficient (Wildman–Crippen LogP) is 0.982. The number of ether oxygens (including phenoxy) is 1. The molecule has 0 bridgehead atoms. The van der Waals surface area contributed by atoms with Crippen LogP contribution in [0.15, 0.2) is 6.07 Å². The molecule has 0 aromatic heterocycles. The molecule has 0 radical (unpaired) electrons. The van der Waals surface area contributed by atoms with Gasteiger partial charge in [0.15, 0.2) is 17.5 Å². The summed E-state index contributed by atoms with van der Waals surface area (Å²) in [5, 5.41) is 9.18. The average Bonchev–Trinajstić information content (AvgIpc) is 2.24. The van der Waals surface area contributed by atoms with E-state index in [-0.39, 0.29) is 0 Å². The Balaban J connectivity index is 3.34. The van der Waals surface area contributed by atoms with Gasteiger partial charge in [-0.3, -0.25) is 4.79 Å². The number of carbonyl (C=O) groups is 1. The molecule has 0 aliphatic rings. The highest BCUT2D eigenvalue weighted by Gasteiger charge is 2.28. The Bertz CT molecular complexity index is 436. The average molecular weight is 235 g/mol. The molecule has 1 aromatic rings. The van der Waals surface area contributed by atoms with Crippen molar-refractivity contribution >= 4 is 5.97 Å². The largest absolute Gasteiger partial charge is 0.507 e. The summed E-state index contributed by atoms with van der Waals surface area (Å²) in [7, 11) is 0.983. The Kier molecular flexibility index (Phi) is 3.38. The van der Waals surface area contributed by atoms with Gasteiger partial charge in [0.05, 0.1) is 12.7 Å². The topological polar surface area (TPSA) is 72.5 Å². The van der Waals surface area contributed by atoms with Gasteiger partial charge in [0.25, 0.3) is 0 Å². The van der Waals surface area contributed by atoms with E-state index in [4.69, 9.17) is 5.73 Å². The van der Waals surface area contributed by atoms with E-state index in [1.54, 1.807) is 0 Å². The molecule has 0 saturated carbocycles. The highest BCUT2D eigenvalue weighted by molar-refractivity contribution is 5.78. The van der Waals surface area contributed by atoms with E-state index in [1.807, 2.05) is 0 Å². The van der Waals surface area contributed by atoms with E-state index in [1.165, 1.54) is 0 Å². The van der Waals surface area contributed by atoms with E-state index in [0.717, 1.165) is 7.11 Å². The number of aromatic hydroxyl groups is 1. The molecule has 88 valence electrons. The standard InChI is InChI=1S/C9H8F3NO3/c1-16-9(15)8(13)5-4(14)2-3(10)6(11)7(5)12/h2,8,14H,13H2,1H3/t8-/m1/s1. The van der Waals surface area contributed by atoms with Crippen molar-refractivity contribution in [3.05, 3.63) is 29.1 Å². The zero-order valence-electron chi connectivity index (χ0n) is 8.13. The molecule has 0 aliphatic heterocycles. The van der Waals surface area contributed by atoms with Gasteiger partial charge in [-0.15, -0.1) is 0 Å². The number of hydrogen-bond donors (Lipinski definition) is 2. The van der Waals surface area contributed by atoms with Crippen LogP contribution in [0, 0.1) is 17.5 Å². The van der Waals surface area contributed by atoms with Gasteiger partial charge in [0.2, 0.25) is 0 Å². The van der Waals surface area contributed by atoms with Crippen molar-refractivity contribution in [1.29, 1.82) is 0 Å². The monoisotopic (exact) mass is 235 g/mol. The van der Waals surface area contributed by atoms with Gasteiger partial charge < -0.3 is 15.6 Å². The number of rotatable bonds is 2. The molecular weight excluding hydrogens is 227 g/mol. The predicted molar refractivity (Wildman–Crippen MR) is 46.9 cm³/mol. The van der Waals surface area contributed by atoms with E-state index < -0.39 is 40.8 Å². The van der Waals surface area contributed by atoms with Gasteiger partial charge in [-0.2, -0.15) is 0 Å². The maximum Gasteiger partial charge on any atom is 0.327 e. The number of phenolic OH excluding ortho intramolecular Hbond substituents is 1. The third kappa shape index (κ3) is 1.94. The van der Waals surface area contributed by atoms with Crippen molar-refractivity contribution in [2.45, 2.75) is 6.04 Å². The highest BCUT2D eigenvalue weighted by Crippen LogP contribution is 2.29. The molecule has 16 heavy (non-hydrogen) atoms. The molecule has 4 nitrogen and oxygen atoms in total. The van der Waals surface area contributed by atoms with Crippen molar-refractivity contribution in [3.63, 3.8) is 0 Å². The van der Waals surface area contributed by atoms with Crippen molar-refractivity contribution in [3.8, 4) is 5.75 Å². The van der Waals surface area contributed by atoms with Crippen LogP contribution in [0.25, 0.3) is 0 Å². The molecule has 1 rings (SSSR count). The summed E-state index contributed by atoms with van der Waals surface area (Å²) in [5.74, 6) is -7.13. The fourth-order valence-electron chi connectivity index (χ4n) is 1.14. The molecule has 1 atom stereocenters. The third-order valence-electron chi connectivity index (χ3n) is 1.94. The van der Waals surface area contributed by atoms with E-state index in [2.05, 4.69) is 4.74 Å². The van der Waals surface area contributed by atoms with E-state index in [0.29, 0.717) is 6.07 Å². The smallest absolute Gasteiger partial charge is 0.327 e. The second-order valence-electron chi connectivity index (χ2n) is 2.92. The quantitative estimate of drug-likeness (QED) is 0.592. The lowest BCUT2D eigenvalue weighted by Crippen LogP contribution is -2.24. The molecule has 3 N–H and O–H groups in total. The fraction of sp³-hybridized carbons (Fsp3) is 0.222. The van der Waals surface area contributed by atoms with Crippen LogP contribution in [0.1, 0.15) is 11.6 Å². The minimum atomic E-state index is -1.81. The summed E-state index contributed by atoms with van der Waals surface area (Å²) < 4.78 is 42.9. The lowest BCUT2D eigenvalue weighted by molar-refractivity contribution is -0.142. The van der Waals surface area contributed by atoms with Crippen LogP contribution in [-0.4, -0.2) is 18.2 Å². The Morgan fingerprint density at radius 2 is 2.00 bits per heavy atom. The first-order valence-electron chi connectivity index (χ1n) is 4.10. The first kappa shape index (κ1) is 12.3. The summed E-state index contributed by atoms with van der Waals surface area (Å²) in [5.41, 5.74) is 4.36. The third-order valence-corrected chi connectivity index (χ3v) is 1.94. The zero-order valence-corrected chi connectivity index (χ0v) is 8.13. The van der Waals surface area contributed by atoms with Crippen molar-refractivity contribution in [2.75, 3.05) is 7.11 Å². The van der Waals surface area contributed by atoms with Crippen molar-refractivity contribution in [1.82, 2.24) is 0 Å². The maximum absolute atomic E-state index is 13.2. The second kappa shape index (κ2) is 4.40. The number of carbonyl (C=O) groups excluding carboxylic acids is 1. The van der Waals surface area contributed by atoms with Gasteiger partial charge >= 0.3 is 5.97 Å². The normalized spacial score (nSPS) is 12.3. The van der Waals surface area contributed by atoms with Crippen LogP contribution in [-0.2, 0) is 9.53 Å². The van der Waals surface area contributed by atoms with E-state index >= 15 is 0 Å². The highest BCUT2D eigenvalue weighted by atomic mass is 19.2. The van der Waals surface area contributed by atoms with Crippen molar-refractivity contribution in [2.24, 2.45) is 5.73 Å². The molecule has 0 saturated heterocycles. The minimum absolute atomic E-state index is 0.330. The first-order valence-corrected chi connectivity index (χ1v) is 4.10. The Morgan fingerprint density at radius 1 is 1.44 bits per heavy atom. The number of hydrogen-bond acceptors (Lipinski definition) is 4. The molecule has 7 heteroatoms. The zero-order chi connectivity index (χ0) is 12.5. The van der Waals surface area contributed by atoms with Crippen LogP contribution >= 0.6 is 0 Å². The lowest BCUT2D eigenvalue weighted by atomic mass is 10.1. The molecule has 0 aliphatic carbocycles. The van der Waals surface area contributed by atoms with Crippen LogP contribution < -0.4 is 5.73 Å². The molecule has 0 heterocycles. The van der Waals surface area contributed by atoms with E-state index in [9.17, 15) is 23.1 Å². The number of phenols is 1. The van der Waals surface area contributed by atoms with Gasteiger partial charge in [0, 0.05) is 6.07 Å². The minimum Gasteiger partial charge on any atom is -0.507 e. The fourth-order valence-corrected chi connectivity index (χ4v) is 1.14. The molecule has 0 fully saturated rings. The number of esters is 1. The van der Waals surface area contributed by atoms with Crippen LogP contribution in [0.3, 0.4) is 0 Å². The molecular formula is C9H8F3NO3. The summed E-state index contributed by atoms with van der Waals surface area (Å²) in [6.07, 6.45) is 0. The number of benzene rings is 1. The van der Waals surface area contributed by atoms with Crippen LogP contribution in [0.2, 0.25) is 0 Å². The number of nitrogens with two attached hydrogens (primary N) is 1. The Morgan fingerprint density at radius 3 is 2.50 bits per heavy atom. The molecule has 1 aromatic carbocycles. The molecule has 0 amide bonds. The Hall–Kier alpha value is -1.76. The lowest BCUT2D eigenvalue weighted by Gasteiger charge is -2.12. The summed E-state index contributed by atoms with van der Waals surface area (Å²) in [6.45, 7) is 0. The number of halogens is 3. The summed E-state index contributed by atoms with van der Waals surface area (Å²) >= 11 is 0. The van der Waals surface area contributed by atoms with Crippen LogP contribution in [0.5, 0.6) is 5.75 Å². The SMILES string of the molecule is COC(=O)[C@H](N)c1c(O)cc(F)c(F)c1F. The Labute approximate surface area is 88.4 Å². The second-order valence-corrected chi connectivity index (χ2v) is 2.92. The summed E-state index contributed by atoms with van der Waals surface area (Å²) in [6, 6.07) is -1.39. The molecule has 0 spiro atoms. The van der Waals surface area contributed by atoms with Crippen molar-refractivity contribution < 1.29 is 27.8 Å². The first-order chi connectivity index (χ1) is 7.40. The van der Waals surface area contributed by atoms with Crippen LogP contribution in [0.4, 0.5) is 13.2 Å².